The van der Waals surface area contributed by atoms with Crippen LogP contribution in [0.5, 0.6) is 0 Å². The molecule has 0 spiro atoms. The number of Topliss-reactive ketones (excluding diaryl/α,β-unsaturated/α-hetero) is 1. The van der Waals surface area contributed by atoms with Gasteiger partial charge in [-0.05, 0) is 39.5 Å². The molecule has 0 N–H and O–H groups in total. The number of carbonyl (C=O) groups is 1. The summed E-state index contributed by atoms with van der Waals surface area (Å²) in [6.45, 7) is 6.28. The maximum absolute atomic E-state index is 13.4. The highest BCUT2D eigenvalue weighted by Crippen LogP contribution is 2.20. The highest BCUT2D eigenvalue weighted by Gasteiger charge is 2.27. The SMILES string of the molecule is C=CCCCCCC(C)(F)C(C)=O. The Morgan fingerprint density at radius 1 is 1.46 bits per heavy atom. The van der Waals surface area contributed by atoms with Crippen LogP contribution >= 0.6 is 0 Å². The topological polar surface area (TPSA) is 17.1 Å². The normalized spacial score (nSPS) is 15.0. The van der Waals surface area contributed by atoms with Crippen molar-refractivity contribution >= 4 is 5.78 Å². The molecule has 0 aliphatic carbocycles. The molecule has 1 atom stereocenters. The second-order valence-electron chi connectivity index (χ2n) is 3.64. The summed E-state index contributed by atoms with van der Waals surface area (Å²) >= 11 is 0. The summed E-state index contributed by atoms with van der Waals surface area (Å²) in [6.07, 6.45) is 5.97. The minimum atomic E-state index is -1.62. The minimum Gasteiger partial charge on any atom is -0.296 e. The van der Waals surface area contributed by atoms with Gasteiger partial charge in [0.25, 0.3) is 0 Å². The molecule has 0 saturated heterocycles. The maximum atomic E-state index is 13.4. The van der Waals surface area contributed by atoms with E-state index in [1.54, 1.807) is 0 Å². The molecular weight excluding hydrogens is 167 g/mol. The molecule has 0 radical (unpaired) electrons. The molecule has 0 bridgehead atoms. The van der Waals surface area contributed by atoms with Gasteiger partial charge in [-0.2, -0.15) is 0 Å². The molecule has 0 aliphatic heterocycles. The molecule has 13 heavy (non-hydrogen) atoms. The molecular formula is C11H19FO. The van der Waals surface area contributed by atoms with Crippen LogP contribution in [0.1, 0.15) is 46.0 Å². The molecule has 0 aromatic rings. The van der Waals surface area contributed by atoms with E-state index in [4.69, 9.17) is 0 Å². The van der Waals surface area contributed by atoms with E-state index >= 15 is 0 Å². The third-order valence-corrected chi connectivity index (χ3v) is 2.29. The summed E-state index contributed by atoms with van der Waals surface area (Å²) in [5, 5.41) is 0. The van der Waals surface area contributed by atoms with E-state index in [9.17, 15) is 9.18 Å². The maximum Gasteiger partial charge on any atom is 0.166 e. The summed E-state index contributed by atoms with van der Waals surface area (Å²) in [6, 6.07) is 0. The van der Waals surface area contributed by atoms with Gasteiger partial charge in [0.1, 0.15) is 0 Å². The van der Waals surface area contributed by atoms with Crippen LogP contribution in [0.3, 0.4) is 0 Å². The van der Waals surface area contributed by atoms with Crippen molar-refractivity contribution < 1.29 is 9.18 Å². The van der Waals surface area contributed by atoms with Crippen LogP contribution in [0.15, 0.2) is 12.7 Å². The largest absolute Gasteiger partial charge is 0.296 e. The van der Waals surface area contributed by atoms with Crippen LogP contribution in [-0.4, -0.2) is 11.5 Å². The summed E-state index contributed by atoms with van der Waals surface area (Å²) in [5.41, 5.74) is -1.62. The number of hydrogen-bond donors (Lipinski definition) is 0. The third kappa shape index (κ3) is 5.56. The van der Waals surface area contributed by atoms with Crippen LogP contribution in [0, 0.1) is 0 Å². The second kappa shape index (κ2) is 5.90. The molecule has 0 aliphatic rings. The molecule has 0 saturated carbocycles. The molecule has 1 nitrogen and oxygen atoms in total. The Morgan fingerprint density at radius 3 is 2.54 bits per heavy atom. The van der Waals surface area contributed by atoms with Gasteiger partial charge in [-0.3, -0.25) is 4.79 Å². The Kier molecular flexibility index (Phi) is 5.60. The Balaban J connectivity index is 3.52. The first-order valence-corrected chi connectivity index (χ1v) is 4.81. The molecule has 0 heterocycles. The quantitative estimate of drug-likeness (QED) is 0.439. The smallest absolute Gasteiger partial charge is 0.166 e. The summed E-state index contributed by atoms with van der Waals surface area (Å²) < 4.78 is 13.4. The van der Waals surface area contributed by atoms with Gasteiger partial charge in [0.2, 0.25) is 0 Å². The molecule has 76 valence electrons. The molecule has 0 fully saturated rings. The number of rotatable bonds is 7. The number of alkyl halides is 1. The number of halogens is 1. The van der Waals surface area contributed by atoms with Gasteiger partial charge in [0.05, 0.1) is 0 Å². The average molecular weight is 186 g/mol. The fourth-order valence-corrected chi connectivity index (χ4v) is 1.10. The van der Waals surface area contributed by atoms with Gasteiger partial charge < -0.3 is 0 Å². The van der Waals surface area contributed by atoms with E-state index in [0.717, 1.165) is 25.7 Å². The third-order valence-electron chi connectivity index (χ3n) is 2.29. The summed E-state index contributed by atoms with van der Waals surface area (Å²) in [5.74, 6) is -0.365. The van der Waals surface area contributed by atoms with Gasteiger partial charge in [-0.15, -0.1) is 6.58 Å². The lowest BCUT2D eigenvalue weighted by atomic mass is 9.96. The van der Waals surface area contributed by atoms with E-state index in [1.807, 2.05) is 6.08 Å². The number of unbranched alkanes of at least 4 members (excludes halogenated alkanes) is 3. The molecule has 0 amide bonds. The summed E-state index contributed by atoms with van der Waals surface area (Å²) in [7, 11) is 0. The fraction of sp³-hybridized carbons (Fsp3) is 0.727. The average Bonchev–Trinajstić information content (AvgIpc) is 2.03. The first-order chi connectivity index (χ1) is 6.00. The van der Waals surface area contributed by atoms with Crippen molar-refractivity contribution in [3.05, 3.63) is 12.7 Å². The van der Waals surface area contributed by atoms with Crippen molar-refractivity contribution in [3.63, 3.8) is 0 Å². The van der Waals surface area contributed by atoms with E-state index in [2.05, 4.69) is 6.58 Å². The van der Waals surface area contributed by atoms with E-state index < -0.39 is 5.67 Å². The Hall–Kier alpha value is -0.660. The van der Waals surface area contributed by atoms with Crippen molar-refractivity contribution in [2.75, 3.05) is 0 Å². The zero-order chi connectivity index (χ0) is 10.3. The van der Waals surface area contributed by atoms with E-state index in [-0.39, 0.29) is 5.78 Å². The van der Waals surface area contributed by atoms with Crippen molar-refractivity contribution in [2.45, 2.75) is 51.6 Å². The zero-order valence-corrected chi connectivity index (χ0v) is 8.61. The van der Waals surface area contributed by atoms with E-state index in [1.165, 1.54) is 13.8 Å². The van der Waals surface area contributed by atoms with Crippen molar-refractivity contribution in [3.8, 4) is 0 Å². The summed E-state index contributed by atoms with van der Waals surface area (Å²) in [4.78, 5) is 10.8. The van der Waals surface area contributed by atoms with Crippen molar-refractivity contribution in [1.29, 1.82) is 0 Å². The lowest BCUT2D eigenvalue weighted by Gasteiger charge is -2.15. The number of allylic oxidation sites excluding steroid dienone is 1. The molecule has 1 unspecified atom stereocenters. The predicted octanol–water partition coefficient (Wildman–Crippen LogP) is 3.44. The lowest BCUT2D eigenvalue weighted by molar-refractivity contribution is -0.127. The van der Waals surface area contributed by atoms with Gasteiger partial charge >= 0.3 is 0 Å². The van der Waals surface area contributed by atoms with Crippen LogP contribution < -0.4 is 0 Å². The van der Waals surface area contributed by atoms with Gasteiger partial charge in [-0.25, -0.2) is 4.39 Å². The van der Waals surface area contributed by atoms with Gasteiger partial charge in [0, 0.05) is 0 Å². The van der Waals surface area contributed by atoms with Crippen LogP contribution in [0.4, 0.5) is 4.39 Å². The first kappa shape index (κ1) is 12.3. The van der Waals surface area contributed by atoms with Crippen LogP contribution in [-0.2, 0) is 4.79 Å². The monoisotopic (exact) mass is 186 g/mol. The predicted molar refractivity (Wildman–Crippen MR) is 53.5 cm³/mol. The molecule has 0 aromatic carbocycles. The fourth-order valence-electron chi connectivity index (χ4n) is 1.10. The molecule has 0 aromatic heterocycles. The molecule has 2 heteroatoms. The Labute approximate surface area is 80.0 Å². The number of carbonyl (C=O) groups excluding carboxylic acids is 1. The lowest BCUT2D eigenvalue weighted by Crippen LogP contribution is -2.27. The van der Waals surface area contributed by atoms with Crippen molar-refractivity contribution in [1.82, 2.24) is 0 Å². The molecule has 0 rings (SSSR count). The Bertz CT molecular complexity index is 173. The van der Waals surface area contributed by atoms with Crippen LogP contribution in [0.2, 0.25) is 0 Å². The van der Waals surface area contributed by atoms with Gasteiger partial charge in [0.15, 0.2) is 11.5 Å². The minimum absolute atomic E-state index is 0.347. The standard InChI is InChI=1S/C11H19FO/c1-4-5-6-7-8-9-11(3,12)10(2)13/h4H,1,5-9H2,2-3H3. The second-order valence-corrected chi connectivity index (χ2v) is 3.64. The highest BCUT2D eigenvalue weighted by molar-refractivity contribution is 5.84. The van der Waals surface area contributed by atoms with E-state index in [0.29, 0.717) is 6.42 Å². The first-order valence-electron chi connectivity index (χ1n) is 4.81. The van der Waals surface area contributed by atoms with Crippen molar-refractivity contribution in [2.24, 2.45) is 0 Å². The Morgan fingerprint density at radius 2 is 2.08 bits per heavy atom. The number of ketones is 1. The van der Waals surface area contributed by atoms with Gasteiger partial charge in [-0.1, -0.05) is 12.5 Å². The van der Waals surface area contributed by atoms with Crippen LogP contribution in [0.25, 0.3) is 0 Å². The zero-order valence-electron chi connectivity index (χ0n) is 8.61. The number of hydrogen-bond acceptors (Lipinski definition) is 1. The highest BCUT2D eigenvalue weighted by atomic mass is 19.1.